The first-order valence-electron chi connectivity index (χ1n) is 18.6. The van der Waals surface area contributed by atoms with Crippen LogP contribution < -0.4 is 14.5 Å². The van der Waals surface area contributed by atoms with E-state index in [2.05, 4.69) is 187 Å². The van der Waals surface area contributed by atoms with E-state index in [4.69, 9.17) is 9.72 Å². The van der Waals surface area contributed by atoms with E-state index in [1.807, 2.05) is 30.5 Å². The predicted octanol–water partition coefficient (Wildman–Crippen LogP) is 12.1. The molecular weight excluding hydrogens is 870 g/mol. The molecular formula is C49H38N5OPt-3. The van der Waals surface area contributed by atoms with E-state index in [0.717, 1.165) is 61.0 Å². The van der Waals surface area contributed by atoms with Gasteiger partial charge in [0, 0.05) is 79.4 Å². The van der Waals surface area contributed by atoms with Crippen molar-refractivity contribution in [3.63, 3.8) is 0 Å². The minimum absolute atomic E-state index is 0. The van der Waals surface area contributed by atoms with Gasteiger partial charge in [-0.1, -0.05) is 105 Å². The number of ether oxygens (including phenoxy) is 1. The van der Waals surface area contributed by atoms with Crippen LogP contribution in [-0.4, -0.2) is 14.1 Å². The van der Waals surface area contributed by atoms with Crippen molar-refractivity contribution in [1.29, 1.82) is 0 Å². The maximum Gasteiger partial charge on any atom is 0.137 e. The first-order chi connectivity index (χ1) is 26.8. The molecule has 0 amide bonds. The average molecular weight is 908 g/mol. The van der Waals surface area contributed by atoms with Gasteiger partial charge in [0.05, 0.1) is 5.52 Å². The Morgan fingerprint density at radius 1 is 0.607 bits per heavy atom. The molecule has 6 nitrogen and oxygen atoms in total. The molecule has 3 aromatic heterocycles. The van der Waals surface area contributed by atoms with E-state index in [1.54, 1.807) is 0 Å². The first kappa shape index (κ1) is 35.6. The van der Waals surface area contributed by atoms with Gasteiger partial charge in [-0.15, -0.1) is 53.6 Å². The topological polar surface area (TPSA) is 38.5 Å². The molecule has 6 aromatic carbocycles. The van der Waals surface area contributed by atoms with Crippen molar-refractivity contribution >= 4 is 55.0 Å². The average Bonchev–Trinajstić information content (AvgIpc) is 3.91. The zero-order valence-corrected chi connectivity index (χ0v) is 33.7. The number of hydrogen-bond acceptors (Lipinski definition) is 4. The summed E-state index contributed by atoms with van der Waals surface area (Å²) >= 11 is 0. The summed E-state index contributed by atoms with van der Waals surface area (Å²) in [5, 5.41) is 4.52. The fourth-order valence-electron chi connectivity index (χ4n) is 7.72. The molecule has 0 radical (unpaired) electrons. The van der Waals surface area contributed by atoms with Crippen LogP contribution in [0.2, 0.25) is 0 Å². The molecule has 0 saturated heterocycles. The van der Waals surface area contributed by atoms with E-state index in [1.165, 1.54) is 16.5 Å². The van der Waals surface area contributed by atoms with Gasteiger partial charge in [0.2, 0.25) is 0 Å². The van der Waals surface area contributed by atoms with Crippen LogP contribution in [0.4, 0.5) is 11.4 Å². The van der Waals surface area contributed by atoms with Gasteiger partial charge in [-0.25, -0.2) is 4.98 Å². The normalized spacial score (nSPS) is 13.0. The van der Waals surface area contributed by atoms with Gasteiger partial charge >= 0.3 is 0 Å². The Morgan fingerprint density at radius 3 is 2.16 bits per heavy atom. The summed E-state index contributed by atoms with van der Waals surface area (Å²) in [5.41, 5.74) is 9.59. The van der Waals surface area contributed by atoms with E-state index in [-0.39, 0.29) is 26.5 Å². The quantitative estimate of drug-likeness (QED) is 0.156. The molecule has 0 atom stereocenters. The number of aryl methyl sites for hydroxylation is 1. The molecule has 0 saturated carbocycles. The van der Waals surface area contributed by atoms with Gasteiger partial charge in [-0.05, 0) is 58.6 Å². The van der Waals surface area contributed by atoms with Gasteiger partial charge in [0.25, 0.3) is 0 Å². The number of rotatable bonds is 6. The molecule has 278 valence electrons. The number of benzene rings is 6. The SMILES string of the molecule is Cn1c2ccccc2c2cnc(-n3c4[c-]c(Oc5[c-]c(N6C=CN(c7ccccc7)[CH-]6)cc(C(C)(C)C)c5)ccc4c4cc(-c5ccccc5)ccc43)cc21.[Pt]. The number of nitrogens with zero attached hydrogens (tertiary/aromatic N) is 5. The molecule has 1 aliphatic rings. The van der Waals surface area contributed by atoms with Crippen LogP contribution in [0.1, 0.15) is 26.3 Å². The molecule has 0 bridgehead atoms. The summed E-state index contributed by atoms with van der Waals surface area (Å²) < 4.78 is 11.2. The third-order valence-electron chi connectivity index (χ3n) is 10.7. The van der Waals surface area contributed by atoms with Crippen molar-refractivity contribution in [1.82, 2.24) is 14.1 Å². The number of anilines is 2. The Bertz CT molecular complexity index is 2940. The van der Waals surface area contributed by atoms with Gasteiger partial charge in [0.1, 0.15) is 5.82 Å². The zero-order valence-electron chi connectivity index (χ0n) is 31.5. The molecule has 9 aromatic rings. The Labute approximate surface area is 341 Å². The van der Waals surface area contributed by atoms with Crippen LogP contribution in [0.3, 0.4) is 0 Å². The Hall–Kier alpha value is -6.10. The monoisotopic (exact) mass is 907 g/mol. The molecule has 0 spiro atoms. The number of hydrogen-bond donors (Lipinski definition) is 0. The van der Waals surface area contributed by atoms with Crippen molar-refractivity contribution < 1.29 is 25.8 Å². The maximum absolute atomic E-state index is 6.72. The summed E-state index contributed by atoms with van der Waals surface area (Å²) in [6.07, 6.45) is 6.11. The summed E-state index contributed by atoms with van der Waals surface area (Å²) in [6.45, 7) is 8.72. The molecule has 0 unspecified atom stereocenters. The number of aromatic nitrogens is 3. The van der Waals surface area contributed by atoms with Crippen LogP contribution in [0.5, 0.6) is 11.5 Å². The van der Waals surface area contributed by atoms with E-state index < -0.39 is 0 Å². The van der Waals surface area contributed by atoms with Crippen molar-refractivity contribution in [2.75, 3.05) is 9.80 Å². The minimum Gasteiger partial charge on any atom is -0.509 e. The van der Waals surface area contributed by atoms with Crippen molar-refractivity contribution in [2.45, 2.75) is 26.2 Å². The molecule has 1 aliphatic heterocycles. The largest absolute Gasteiger partial charge is 0.509 e. The predicted molar refractivity (Wildman–Crippen MR) is 226 cm³/mol. The van der Waals surface area contributed by atoms with Crippen LogP contribution in [-0.2, 0) is 33.5 Å². The fraction of sp³-hybridized carbons (Fsp3) is 0.102. The van der Waals surface area contributed by atoms with Crippen molar-refractivity contribution in [3.05, 3.63) is 176 Å². The molecule has 4 heterocycles. The molecule has 0 aliphatic carbocycles. The van der Waals surface area contributed by atoms with Crippen LogP contribution in [0, 0.1) is 18.8 Å². The van der Waals surface area contributed by atoms with Crippen LogP contribution in [0.15, 0.2) is 152 Å². The zero-order chi connectivity index (χ0) is 37.3. The summed E-state index contributed by atoms with van der Waals surface area (Å²) in [7, 11) is 2.12. The Kier molecular flexibility index (Phi) is 8.82. The second-order valence-electron chi connectivity index (χ2n) is 15.2. The van der Waals surface area contributed by atoms with Crippen molar-refractivity contribution in [3.8, 4) is 28.4 Å². The minimum atomic E-state index is -0.118. The van der Waals surface area contributed by atoms with Gasteiger partial charge in [-0.3, -0.25) is 0 Å². The third-order valence-corrected chi connectivity index (χ3v) is 10.7. The summed E-state index contributed by atoms with van der Waals surface area (Å²) in [5.74, 6) is 2.05. The second-order valence-corrected chi connectivity index (χ2v) is 15.2. The van der Waals surface area contributed by atoms with E-state index >= 15 is 0 Å². The van der Waals surface area contributed by atoms with E-state index in [9.17, 15) is 0 Å². The van der Waals surface area contributed by atoms with Crippen LogP contribution in [0.25, 0.3) is 60.6 Å². The number of para-hydroxylation sites is 2. The summed E-state index contributed by atoms with van der Waals surface area (Å²) in [6, 6.07) is 53.9. The summed E-state index contributed by atoms with van der Waals surface area (Å²) in [4.78, 5) is 9.28. The number of fused-ring (bicyclic) bond motifs is 6. The second kappa shape index (κ2) is 13.9. The Balaban J connectivity index is 0.00000410. The standard InChI is InChI=1S/C49H38N5O.Pt/c1-49(2,3)35-26-37(53-24-23-52(32-53)36-15-9-6-10-16-36)28-39(27-35)55-38-20-21-41-42-25-34(33-13-7-5-8-14-33)19-22-45(42)54(47(41)29-38)48-30-46-43(31-50-48)40-17-11-12-18-44(40)51(46)4;/h5-27,30-32H,1-4H3;/q-3;. The first-order valence-corrected chi connectivity index (χ1v) is 18.6. The molecule has 56 heavy (non-hydrogen) atoms. The van der Waals surface area contributed by atoms with Gasteiger partial charge in [-0.2, -0.15) is 6.07 Å². The smallest absolute Gasteiger partial charge is 0.137 e. The molecule has 0 N–H and O–H groups in total. The van der Waals surface area contributed by atoms with Crippen LogP contribution >= 0.6 is 0 Å². The molecule has 10 rings (SSSR count). The molecule has 7 heteroatoms. The maximum atomic E-state index is 6.72. The van der Waals surface area contributed by atoms with Gasteiger partial charge in [0.15, 0.2) is 0 Å². The van der Waals surface area contributed by atoms with Crippen molar-refractivity contribution in [2.24, 2.45) is 7.05 Å². The molecule has 0 fully saturated rings. The fourth-order valence-corrected chi connectivity index (χ4v) is 7.72. The van der Waals surface area contributed by atoms with Gasteiger partial charge < -0.3 is 23.7 Å². The van der Waals surface area contributed by atoms with E-state index in [0.29, 0.717) is 11.5 Å². The third kappa shape index (κ3) is 6.15. The Morgan fingerprint density at radius 2 is 1.36 bits per heavy atom. The number of pyridine rings is 1.